The number of benzene rings is 1. The molecule has 0 fully saturated rings. The molecule has 0 aliphatic heterocycles. The molecule has 1 rings (SSSR count). The van der Waals surface area contributed by atoms with Gasteiger partial charge in [-0.15, -0.1) is 0 Å². The molecule has 1 amide bonds. The molecule has 5 nitrogen and oxygen atoms in total. The quantitative estimate of drug-likeness (QED) is 0.591. The topological polar surface area (TPSA) is 83.5 Å². The molecule has 7 heteroatoms. The normalized spacial score (nSPS) is 11.2. The Labute approximate surface area is 120 Å². The second kappa shape index (κ2) is 6.37. The summed E-state index contributed by atoms with van der Waals surface area (Å²) in [6, 6.07) is 4.71. The third-order valence-electron chi connectivity index (χ3n) is 2.18. The minimum absolute atomic E-state index is 0.0333. The van der Waals surface area contributed by atoms with Crippen LogP contribution in [0.1, 0.15) is 16.8 Å². The Morgan fingerprint density at radius 2 is 2.11 bits per heavy atom. The van der Waals surface area contributed by atoms with Crippen LogP contribution < -0.4 is 5.32 Å². The van der Waals surface area contributed by atoms with Crippen LogP contribution in [0.3, 0.4) is 0 Å². The van der Waals surface area contributed by atoms with Crippen molar-refractivity contribution >= 4 is 38.3 Å². The predicted octanol–water partition coefficient (Wildman–Crippen LogP) is 1.16. The molecule has 100 valence electrons. The number of aromatic hydroxyl groups is 1. The van der Waals surface area contributed by atoms with E-state index in [0.717, 1.165) is 9.83 Å². The van der Waals surface area contributed by atoms with Crippen molar-refractivity contribution in [2.75, 3.05) is 18.6 Å². The van der Waals surface area contributed by atoms with E-state index in [1.807, 2.05) is 22.6 Å². The standard InChI is InChI=1S/C11H14INO4S/c1-18(16,17)6-2-5-13-11(15)9-7-8(12)3-4-10(9)14/h3-4,7,14H,2,5-6H2,1H3,(H,13,15). The van der Waals surface area contributed by atoms with Crippen molar-refractivity contribution in [3.05, 3.63) is 27.3 Å². The van der Waals surface area contributed by atoms with Crippen LogP contribution in [-0.2, 0) is 9.84 Å². The Hall–Kier alpha value is -0.830. The van der Waals surface area contributed by atoms with Crippen LogP contribution in [0.25, 0.3) is 0 Å². The van der Waals surface area contributed by atoms with E-state index in [-0.39, 0.29) is 23.6 Å². The van der Waals surface area contributed by atoms with Gasteiger partial charge in [0.2, 0.25) is 0 Å². The first-order valence-corrected chi connectivity index (χ1v) is 8.38. The Bertz CT molecular complexity index is 542. The molecule has 18 heavy (non-hydrogen) atoms. The van der Waals surface area contributed by atoms with Crippen molar-refractivity contribution in [3.8, 4) is 5.75 Å². The summed E-state index contributed by atoms with van der Waals surface area (Å²) in [5.41, 5.74) is 0.196. The van der Waals surface area contributed by atoms with Crippen molar-refractivity contribution in [2.24, 2.45) is 0 Å². The van der Waals surface area contributed by atoms with Gasteiger partial charge in [0.05, 0.1) is 11.3 Å². The number of amides is 1. The summed E-state index contributed by atoms with van der Waals surface area (Å²) in [5.74, 6) is -0.457. The van der Waals surface area contributed by atoms with Gasteiger partial charge in [0, 0.05) is 16.4 Å². The second-order valence-electron chi connectivity index (χ2n) is 3.90. The van der Waals surface area contributed by atoms with E-state index in [0.29, 0.717) is 6.42 Å². The first-order valence-electron chi connectivity index (χ1n) is 5.24. The van der Waals surface area contributed by atoms with Gasteiger partial charge >= 0.3 is 0 Å². The summed E-state index contributed by atoms with van der Waals surface area (Å²) in [6.45, 7) is 0.261. The van der Waals surface area contributed by atoms with E-state index in [4.69, 9.17) is 0 Å². The number of phenolic OH excluding ortho intramolecular Hbond substituents is 1. The summed E-state index contributed by atoms with van der Waals surface area (Å²) in [7, 11) is -3.00. The van der Waals surface area contributed by atoms with Crippen molar-refractivity contribution in [1.82, 2.24) is 5.32 Å². The molecule has 0 atom stereocenters. The summed E-state index contributed by atoms with van der Waals surface area (Å²) in [4.78, 5) is 11.7. The lowest BCUT2D eigenvalue weighted by Crippen LogP contribution is -2.26. The van der Waals surface area contributed by atoms with Crippen LogP contribution >= 0.6 is 22.6 Å². The molecule has 1 aromatic carbocycles. The Morgan fingerprint density at radius 3 is 2.72 bits per heavy atom. The number of hydrogen-bond donors (Lipinski definition) is 2. The summed E-state index contributed by atoms with van der Waals surface area (Å²) in [5, 5.41) is 12.1. The molecule has 0 aromatic heterocycles. The molecule has 1 aromatic rings. The van der Waals surface area contributed by atoms with Gasteiger partial charge in [-0.1, -0.05) is 0 Å². The number of nitrogens with one attached hydrogen (secondary N) is 1. The average Bonchev–Trinajstić information content (AvgIpc) is 2.26. The molecule has 0 heterocycles. The number of carbonyl (C=O) groups excluding carboxylic acids is 1. The SMILES string of the molecule is CS(=O)(=O)CCCNC(=O)c1cc(I)ccc1O. The Kier molecular flexibility index (Phi) is 5.39. The van der Waals surface area contributed by atoms with Crippen LogP contribution in [-0.4, -0.2) is 38.0 Å². The van der Waals surface area contributed by atoms with E-state index in [2.05, 4.69) is 5.32 Å². The number of hydrogen-bond acceptors (Lipinski definition) is 4. The summed E-state index contributed by atoms with van der Waals surface area (Å²) in [6.07, 6.45) is 1.51. The second-order valence-corrected chi connectivity index (χ2v) is 7.41. The fraction of sp³-hybridized carbons (Fsp3) is 0.364. The number of sulfone groups is 1. The van der Waals surface area contributed by atoms with Gasteiger partial charge in [0.25, 0.3) is 5.91 Å². The number of halogens is 1. The molecular weight excluding hydrogens is 369 g/mol. The average molecular weight is 383 g/mol. The van der Waals surface area contributed by atoms with Crippen LogP contribution in [0.5, 0.6) is 5.75 Å². The van der Waals surface area contributed by atoms with Crippen LogP contribution in [0.2, 0.25) is 0 Å². The minimum Gasteiger partial charge on any atom is -0.507 e. The maximum absolute atomic E-state index is 11.7. The van der Waals surface area contributed by atoms with Crippen LogP contribution in [0.4, 0.5) is 0 Å². The molecule has 0 saturated heterocycles. The molecule has 0 aliphatic rings. The van der Waals surface area contributed by atoms with E-state index in [1.54, 1.807) is 12.1 Å². The lowest BCUT2D eigenvalue weighted by atomic mass is 10.2. The monoisotopic (exact) mass is 383 g/mol. The molecular formula is C11H14INO4S. The van der Waals surface area contributed by atoms with E-state index in [1.165, 1.54) is 6.07 Å². The van der Waals surface area contributed by atoms with Gasteiger partial charge in [-0.2, -0.15) is 0 Å². The first kappa shape index (κ1) is 15.2. The number of rotatable bonds is 5. The largest absolute Gasteiger partial charge is 0.507 e. The molecule has 0 unspecified atom stereocenters. The molecule has 0 radical (unpaired) electrons. The van der Waals surface area contributed by atoms with Gasteiger partial charge < -0.3 is 10.4 Å². The molecule has 0 saturated carbocycles. The van der Waals surface area contributed by atoms with Crippen LogP contribution in [0.15, 0.2) is 18.2 Å². The maximum Gasteiger partial charge on any atom is 0.255 e. The highest BCUT2D eigenvalue weighted by molar-refractivity contribution is 14.1. The zero-order valence-corrected chi connectivity index (χ0v) is 12.8. The summed E-state index contributed by atoms with van der Waals surface area (Å²) < 4.78 is 22.6. The predicted molar refractivity (Wildman–Crippen MR) is 77.5 cm³/mol. The Balaban J connectivity index is 2.53. The first-order chi connectivity index (χ1) is 8.29. The smallest absolute Gasteiger partial charge is 0.255 e. The fourth-order valence-corrected chi connectivity index (χ4v) is 2.48. The third kappa shape index (κ3) is 5.21. The van der Waals surface area contributed by atoms with Gasteiger partial charge in [-0.3, -0.25) is 4.79 Å². The highest BCUT2D eigenvalue weighted by Crippen LogP contribution is 2.19. The molecule has 2 N–H and O–H groups in total. The van der Waals surface area contributed by atoms with Gasteiger partial charge in [-0.05, 0) is 47.2 Å². The maximum atomic E-state index is 11.7. The number of carbonyl (C=O) groups is 1. The molecule has 0 spiro atoms. The lowest BCUT2D eigenvalue weighted by Gasteiger charge is -2.06. The number of phenols is 1. The van der Waals surface area contributed by atoms with Gasteiger partial charge in [-0.25, -0.2) is 8.42 Å². The lowest BCUT2D eigenvalue weighted by molar-refractivity contribution is 0.0951. The summed E-state index contributed by atoms with van der Waals surface area (Å²) >= 11 is 2.04. The van der Waals surface area contributed by atoms with Gasteiger partial charge in [0.1, 0.15) is 15.6 Å². The van der Waals surface area contributed by atoms with Crippen molar-refractivity contribution < 1.29 is 18.3 Å². The van der Waals surface area contributed by atoms with Crippen molar-refractivity contribution in [1.29, 1.82) is 0 Å². The van der Waals surface area contributed by atoms with Crippen molar-refractivity contribution in [3.63, 3.8) is 0 Å². The van der Waals surface area contributed by atoms with E-state index >= 15 is 0 Å². The van der Waals surface area contributed by atoms with Crippen molar-refractivity contribution in [2.45, 2.75) is 6.42 Å². The minimum atomic E-state index is -3.00. The van der Waals surface area contributed by atoms with E-state index < -0.39 is 15.7 Å². The zero-order valence-electron chi connectivity index (χ0n) is 9.81. The molecule has 0 aliphatic carbocycles. The molecule has 0 bridgehead atoms. The highest BCUT2D eigenvalue weighted by atomic mass is 127. The van der Waals surface area contributed by atoms with Gasteiger partial charge in [0.15, 0.2) is 0 Å². The highest BCUT2D eigenvalue weighted by Gasteiger charge is 2.11. The van der Waals surface area contributed by atoms with Crippen LogP contribution in [0, 0.1) is 3.57 Å². The third-order valence-corrected chi connectivity index (χ3v) is 3.88. The van der Waals surface area contributed by atoms with E-state index in [9.17, 15) is 18.3 Å². The Morgan fingerprint density at radius 1 is 1.44 bits per heavy atom. The fourth-order valence-electron chi connectivity index (χ4n) is 1.32. The zero-order chi connectivity index (χ0) is 13.8.